The third kappa shape index (κ3) is 7.97. The maximum Gasteiger partial charge on any atom is 1.00 e. The standard InChI is InChI=1S/C22H16N4O7S2.2Na/c27-21-12-1-14-13-19(35(31,32)33)10-11-20(14)22(21)26-25-16-4-2-15(3-5-16)23-24-17-6-8-18(9-7-17)34(28,29)30;;/h1-13,27H,(H,28,29,30)(H,31,32,33);;/q;2*+1/p-2. The summed E-state index contributed by atoms with van der Waals surface area (Å²) in [5.74, 6) is -0.415. The van der Waals surface area contributed by atoms with Crippen molar-refractivity contribution in [2.24, 2.45) is 20.5 Å². The van der Waals surface area contributed by atoms with Gasteiger partial charge in [0.15, 0.2) is 0 Å². The van der Waals surface area contributed by atoms with E-state index in [4.69, 9.17) is 0 Å². The first-order valence-electron chi connectivity index (χ1n) is 9.71. The second kappa shape index (κ2) is 12.7. The van der Waals surface area contributed by atoms with Gasteiger partial charge < -0.3 is 9.66 Å². The normalized spacial score (nSPS) is 11.9. The number of rotatable bonds is 6. The van der Waals surface area contributed by atoms with E-state index in [1.54, 1.807) is 24.3 Å². The molecule has 4 aromatic rings. The molecule has 0 fully saturated rings. The van der Waals surface area contributed by atoms with E-state index in [1.165, 1.54) is 42.5 Å². The van der Waals surface area contributed by atoms with Crippen LogP contribution in [0.2, 0.25) is 0 Å². The van der Waals surface area contributed by atoms with Crippen LogP contribution in [-0.4, -0.2) is 25.9 Å². The quantitative estimate of drug-likeness (QED) is 0.178. The zero-order valence-electron chi connectivity index (χ0n) is 19.5. The van der Waals surface area contributed by atoms with E-state index >= 15 is 0 Å². The van der Waals surface area contributed by atoms with Gasteiger partial charge in [-0.1, -0.05) is 23.9 Å². The fraction of sp³-hybridized carbons (Fsp3) is 0. The number of azo groups is 2. The molecule has 178 valence electrons. The van der Waals surface area contributed by atoms with E-state index < -0.39 is 26.0 Å². The second-order valence-electron chi connectivity index (χ2n) is 7.13. The Morgan fingerprint density at radius 1 is 0.622 bits per heavy atom. The van der Waals surface area contributed by atoms with E-state index in [9.17, 15) is 31.0 Å². The first-order valence-corrected chi connectivity index (χ1v) is 12.6. The van der Waals surface area contributed by atoms with E-state index in [2.05, 4.69) is 20.5 Å². The molecule has 4 aromatic carbocycles. The summed E-state index contributed by atoms with van der Waals surface area (Å²) in [5.41, 5.74) is 1.21. The van der Waals surface area contributed by atoms with Crippen molar-refractivity contribution < 1.29 is 90.2 Å². The summed E-state index contributed by atoms with van der Waals surface area (Å²) in [7, 11) is -8.93. The smallest absolute Gasteiger partial charge is 0.871 e. The number of nitrogens with zero attached hydrogens (tertiary/aromatic N) is 4. The van der Waals surface area contributed by atoms with Crippen molar-refractivity contribution in [3.8, 4) is 5.75 Å². The van der Waals surface area contributed by atoms with Gasteiger partial charge in [-0.15, -0.1) is 0 Å². The van der Waals surface area contributed by atoms with Gasteiger partial charge in [0.25, 0.3) is 10.1 Å². The van der Waals surface area contributed by atoms with E-state index in [1.807, 2.05) is 0 Å². The maximum absolute atomic E-state index is 12.3. The van der Waals surface area contributed by atoms with Crippen LogP contribution < -0.4 is 64.2 Å². The zero-order chi connectivity index (χ0) is 25.2. The topological polar surface area (TPSA) is 184 Å². The van der Waals surface area contributed by atoms with Crippen molar-refractivity contribution in [3.05, 3.63) is 78.9 Å². The van der Waals surface area contributed by atoms with Gasteiger partial charge >= 0.3 is 59.1 Å². The minimum atomic E-state index is -4.54. The van der Waals surface area contributed by atoms with Crippen LogP contribution in [0.25, 0.3) is 10.8 Å². The van der Waals surface area contributed by atoms with E-state index in [0.29, 0.717) is 27.8 Å². The SMILES string of the molecule is O=S(=O)([O-])c1ccc(N=Nc2ccc(N=Nc3c([O-])ccc4cc(S(=O)(=O)O)ccc34)cc2)cc1.[Na+].[Na+]. The number of fused-ring (bicyclic) bond motifs is 1. The molecular weight excluding hydrogens is 542 g/mol. The fourth-order valence-electron chi connectivity index (χ4n) is 3.02. The van der Waals surface area contributed by atoms with Gasteiger partial charge in [-0.25, -0.2) is 8.42 Å². The van der Waals surface area contributed by atoms with Crippen molar-refractivity contribution in [2.45, 2.75) is 9.79 Å². The molecule has 11 nitrogen and oxygen atoms in total. The monoisotopic (exact) mass is 556 g/mol. The Kier molecular flexibility index (Phi) is 10.7. The molecule has 0 aliphatic carbocycles. The van der Waals surface area contributed by atoms with Gasteiger partial charge in [0, 0.05) is 5.39 Å². The number of benzene rings is 4. The molecule has 4 rings (SSSR count). The van der Waals surface area contributed by atoms with Gasteiger partial charge in [-0.05, 0) is 66.0 Å². The molecule has 0 aliphatic heterocycles. The summed E-state index contributed by atoms with van der Waals surface area (Å²) in [6.45, 7) is 0. The Hall–Kier alpha value is -2.04. The molecular formula is C22H14N4Na2O7S2. The van der Waals surface area contributed by atoms with Gasteiger partial charge in [0.2, 0.25) is 0 Å². The molecule has 0 saturated heterocycles. The summed E-state index contributed by atoms with van der Waals surface area (Å²) in [6.07, 6.45) is 0. The Morgan fingerprint density at radius 3 is 1.57 bits per heavy atom. The van der Waals surface area contributed by atoms with Crippen molar-refractivity contribution >= 4 is 53.8 Å². The largest absolute Gasteiger partial charge is 1.00 e. The van der Waals surface area contributed by atoms with Crippen molar-refractivity contribution in [1.82, 2.24) is 0 Å². The minimum absolute atomic E-state index is 0. The third-order valence-corrected chi connectivity index (χ3v) is 6.44. The van der Waals surface area contributed by atoms with Gasteiger partial charge in [0.05, 0.1) is 32.5 Å². The van der Waals surface area contributed by atoms with Crippen LogP contribution in [0.4, 0.5) is 22.7 Å². The molecule has 0 atom stereocenters. The Balaban J connectivity index is 0.00000241. The molecule has 0 spiro atoms. The van der Waals surface area contributed by atoms with Gasteiger partial charge in [-0.2, -0.15) is 28.9 Å². The molecule has 0 heterocycles. The predicted octanol–water partition coefficient (Wildman–Crippen LogP) is -1.10. The van der Waals surface area contributed by atoms with Crippen molar-refractivity contribution in [3.63, 3.8) is 0 Å². The van der Waals surface area contributed by atoms with Crippen LogP contribution in [0.15, 0.2) is 109 Å². The molecule has 0 aliphatic rings. The molecule has 0 amide bonds. The number of hydrogen-bond donors (Lipinski definition) is 1. The first kappa shape index (κ1) is 31.2. The average molecular weight is 556 g/mol. The van der Waals surface area contributed by atoms with Crippen molar-refractivity contribution in [2.75, 3.05) is 0 Å². The van der Waals surface area contributed by atoms with Crippen molar-refractivity contribution in [1.29, 1.82) is 0 Å². The molecule has 0 aromatic heterocycles. The maximum atomic E-state index is 12.3. The molecule has 0 saturated carbocycles. The molecule has 0 radical (unpaired) electrons. The Labute approximate surface area is 256 Å². The summed E-state index contributed by atoms with van der Waals surface area (Å²) >= 11 is 0. The summed E-state index contributed by atoms with van der Waals surface area (Å²) in [5, 5.41) is 29.1. The third-order valence-electron chi connectivity index (χ3n) is 4.75. The Bertz CT molecular complexity index is 1690. The fourth-order valence-corrected chi connectivity index (χ4v) is 4.01. The predicted molar refractivity (Wildman–Crippen MR) is 122 cm³/mol. The average Bonchev–Trinajstić information content (AvgIpc) is 2.81. The van der Waals surface area contributed by atoms with Crippen LogP contribution in [0.3, 0.4) is 0 Å². The molecule has 1 N–H and O–H groups in total. The van der Waals surface area contributed by atoms with E-state index in [0.717, 1.165) is 12.1 Å². The van der Waals surface area contributed by atoms with Crippen LogP contribution in [0.1, 0.15) is 0 Å². The van der Waals surface area contributed by atoms with Gasteiger partial charge in [-0.3, -0.25) is 4.55 Å². The van der Waals surface area contributed by atoms with Crippen LogP contribution >= 0.6 is 0 Å². The summed E-state index contributed by atoms with van der Waals surface area (Å²) in [6, 6.07) is 17.8. The molecule has 15 heteroatoms. The van der Waals surface area contributed by atoms with Crippen LogP contribution in [0, 0.1) is 0 Å². The first-order chi connectivity index (χ1) is 16.5. The second-order valence-corrected chi connectivity index (χ2v) is 9.94. The molecule has 0 bridgehead atoms. The number of hydrogen-bond acceptors (Lipinski definition) is 10. The molecule has 0 unspecified atom stereocenters. The summed E-state index contributed by atoms with van der Waals surface area (Å²) < 4.78 is 64.8. The van der Waals surface area contributed by atoms with Crippen LogP contribution in [0.5, 0.6) is 5.75 Å². The minimum Gasteiger partial charge on any atom is -0.871 e. The van der Waals surface area contributed by atoms with Gasteiger partial charge in [0.1, 0.15) is 10.1 Å². The zero-order valence-corrected chi connectivity index (χ0v) is 25.1. The molecule has 37 heavy (non-hydrogen) atoms. The van der Waals surface area contributed by atoms with E-state index in [-0.39, 0.29) is 74.6 Å². The van der Waals surface area contributed by atoms with Crippen LogP contribution in [-0.2, 0) is 20.2 Å². The summed E-state index contributed by atoms with van der Waals surface area (Å²) in [4.78, 5) is -0.667. The Morgan fingerprint density at radius 2 is 1.08 bits per heavy atom.